The Kier molecular flexibility index (Phi) is 4.13. The molecule has 3 rings (SSSR count). The fourth-order valence-corrected chi connectivity index (χ4v) is 4.39. The molecule has 1 aliphatic carbocycles. The number of aliphatic imine (C=N–C) groups is 1. The summed E-state index contributed by atoms with van der Waals surface area (Å²) in [6.07, 6.45) is 5.21. The maximum absolute atomic E-state index is 6.24. The summed E-state index contributed by atoms with van der Waals surface area (Å²) in [4.78, 5) is 4.69. The van der Waals surface area contributed by atoms with Crippen LogP contribution < -0.4 is 10.1 Å². The quantitative estimate of drug-likeness (QED) is 0.920. The smallest absolute Gasteiger partial charge is 0.157 e. The van der Waals surface area contributed by atoms with Crippen LogP contribution >= 0.6 is 23.4 Å². The minimum absolute atomic E-state index is 0.314. The van der Waals surface area contributed by atoms with Crippen LogP contribution in [0.4, 0.5) is 0 Å². The molecule has 20 heavy (non-hydrogen) atoms. The summed E-state index contributed by atoms with van der Waals surface area (Å²) in [7, 11) is 1.67. The zero-order chi connectivity index (χ0) is 14.0. The normalized spacial score (nSPS) is 22.4. The molecule has 0 bridgehead atoms. The minimum atomic E-state index is 0.314. The Bertz CT molecular complexity index is 527. The Balaban J connectivity index is 1.72. The molecule has 0 unspecified atom stereocenters. The SMILES string of the molecule is COc1cccc(Cl)c1CN=C1NC2(CCCC2)CS1. The number of nitrogens with zero attached hydrogens (tertiary/aromatic N) is 1. The Morgan fingerprint density at radius 1 is 1.40 bits per heavy atom. The monoisotopic (exact) mass is 310 g/mol. The summed E-state index contributed by atoms with van der Waals surface area (Å²) in [5.41, 5.74) is 1.27. The van der Waals surface area contributed by atoms with Crippen LogP contribution in [0, 0.1) is 0 Å². The summed E-state index contributed by atoms with van der Waals surface area (Å²) in [5.74, 6) is 1.95. The van der Waals surface area contributed by atoms with Gasteiger partial charge in [-0.1, -0.05) is 42.3 Å². The van der Waals surface area contributed by atoms with Crippen molar-refractivity contribution in [1.29, 1.82) is 0 Å². The number of rotatable bonds is 3. The molecule has 1 heterocycles. The molecule has 1 saturated carbocycles. The molecule has 0 atom stereocenters. The Morgan fingerprint density at radius 3 is 2.95 bits per heavy atom. The van der Waals surface area contributed by atoms with Gasteiger partial charge in [-0.05, 0) is 25.0 Å². The van der Waals surface area contributed by atoms with E-state index in [9.17, 15) is 0 Å². The van der Waals surface area contributed by atoms with Crippen LogP contribution in [-0.2, 0) is 6.54 Å². The van der Waals surface area contributed by atoms with E-state index in [1.807, 2.05) is 30.0 Å². The third-order valence-corrected chi connectivity index (χ3v) is 5.65. The Morgan fingerprint density at radius 2 is 2.20 bits per heavy atom. The maximum Gasteiger partial charge on any atom is 0.157 e. The van der Waals surface area contributed by atoms with Crippen molar-refractivity contribution in [3.63, 3.8) is 0 Å². The molecule has 0 amide bonds. The molecule has 2 aliphatic rings. The third-order valence-electron chi connectivity index (χ3n) is 4.09. The highest BCUT2D eigenvalue weighted by Gasteiger charge is 2.39. The highest BCUT2D eigenvalue weighted by atomic mass is 35.5. The second kappa shape index (κ2) is 5.86. The van der Waals surface area contributed by atoms with Crippen LogP contribution in [0.2, 0.25) is 5.02 Å². The number of nitrogens with one attached hydrogen (secondary N) is 1. The molecular weight excluding hydrogens is 292 g/mol. The minimum Gasteiger partial charge on any atom is -0.496 e. The first kappa shape index (κ1) is 14.1. The topological polar surface area (TPSA) is 33.6 Å². The van der Waals surface area contributed by atoms with Gasteiger partial charge in [0.1, 0.15) is 5.75 Å². The molecule has 3 nitrogen and oxygen atoms in total. The van der Waals surface area contributed by atoms with E-state index in [4.69, 9.17) is 16.3 Å². The molecular formula is C15H19ClN2OS. The van der Waals surface area contributed by atoms with Gasteiger partial charge in [0.25, 0.3) is 0 Å². The molecule has 1 aromatic carbocycles. The molecule has 0 radical (unpaired) electrons. The van der Waals surface area contributed by atoms with Crippen molar-refractivity contribution in [2.24, 2.45) is 4.99 Å². The van der Waals surface area contributed by atoms with E-state index in [2.05, 4.69) is 10.3 Å². The molecule has 108 valence electrons. The van der Waals surface area contributed by atoms with Crippen molar-refractivity contribution >= 4 is 28.5 Å². The van der Waals surface area contributed by atoms with E-state index in [1.165, 1.54) is 25.7 Å². The van der Waals surface area contributed by atoms with Crippen molar-refractivity contribution in [1.82, 2.24) is 5.32 Å². The first-order valence-electron chi connectivity index (χ1n) is 6.99. The van der Waals surface area contributed by atoms with Gasteiger partial charge in [0.2, 0.25) is 0 Å². The fraction of sp³-hybridized carbons (Fsp3) is 0.533. The number of benzene rings is 1. The number of hydrogen-bond donors (Lipinski definition) is 1. The summed E-state index contributed by atoms with van der Waals surface area (Å²) < 4.78 is 5.35. The van der Waals surface area contributed by atoms with Crippen molar-refractivity contribution in [3.05, 3.63) is 28.8 Å². The number of amidine groups is 1. The number of hydrogen-bond acceptors (Lipinski definition) is 3. The van der Waals surface area contributed by atoms with E-state index in [1.54, 1.807) is 7.11 Å². The van der Waals surface area contributed by atoms with E-state index in [0.29, 0.717) is 17.1 Å². The average molecular weight is 311 g/mol. The largest absolute Gasteiger partial charge is 0.496 e. The lowest BCUT2D eigenvalue weighted by molar-refractivity contribution is 0.410. The first-order valence-corrected chi connectivity index (χ1v) is 8.36. The van der Waals surface area contributed by atoms with Crippen molar-refractivity contribution in [2.45, 2.75) is 37.8 Å². The zero-order valence-electron chi connectivity index (χ0n) is 11.6. The molecule has 0 aromatic heterocycles. The zero-order valence-corrected chi connectivity index (χ0v) is 13.2. The van der Waals surface area contributed by atoms with Gasteiger partial charge in [0.05, 0.1) is 13.7 Å². The van der Waals surface area contributed by atoms with Crippen LogP contribution in [0.1, 0.15) is 31.2 Å². The number of halogens is 1. The third kappa shape index (κ3) is 2.77. The van der Waals surface area contributed by atoms with Crippen LogP contribution in [0.3, 0.4) is 0 Å². The van der Waals surface area contributed by atoms with Crippen molar-refractivity contribution in [3.8, 4) is 5.75 Å². The Hall–Kier alpha value is -0.870. The molecule has 1 saturated heterocycles. The summed E-state index contributed by atoms with van der Waals surface area (Å²) in [5, 5.41) is 5.39. The molecule has 1 aromatic rings. The van der Waals surface area contributed by atoms with Crippen LogP contribution in [-0.4, -0.2) is 23.6 Å². The highest BCUT2D eigenvalue weighted by Crippen LogP contribution is 2.37. The van der Waals surface area contributed by atoms with E-state index in [-0.39, 0.29) is 0 Å². The van der Waals surface area contributed by atoms with Gasteiger partial charge in [0.15, 0.2) is 5.17 Å². The molecule has 2 fully saturated rings. The van der Waals surface area contributed by atoms with Gasteiger partial charge >= 0.3 is 0 Å². The van der Waals surface area contributed by atoms with Gasteiger partial charge in [0, 0.05) is 21.9 Å². The predicted molar refractivity (Wildman–Crippen MR) is 85.9 cm³/mol. The van der Waals surface area contributed by atoms with E-state index in [0.717, 1.165) is 22.2 Å². The Labute approximate surface area is 129 Å². The summed E-state index contributed by atoms with van der Waals surface area (Å²) >= 11 is 8.07. The standard InChI is InChI=1S/C15H19ClN2OS/c1-19-13-6-4-5-12(16)11(13)9-17-14-18-15(10-20-14)7-2-3-8-15/h4-6H,2-3,7-10H2,1H3,(H,17,18). The average Bonchev–Trinajstić information content (AvgIpc) is 3.08. The van der Waals surface area contributed by atoms with Crippen molar-refractivity contribution < 1.29 is 4.74 Å². The lowest BCUT2D eigenvalue weighted by Gasteiger charge is -2.21. The van der Waals surface area contributed by atoms with Gasteiger partial charge in [-0.15, -0.1) is 0 Å². The van der Waals surface area contributed by atoms with Gasteiger partial charge < -0.3 is 10.1 Å². The number of thioether (sulfide) groups is 1. The molecule has 1 aliphatic heterocycles. The predicted octanol–water partition coefficient (Wildman–Crippen LogP) is 3.85. The fourth-order valence-electron chi connectivity index (χ4n) is 2.95. The van der Waals surface area contributed by atoms with E-state index >= 15 is 0 Å². The number of ether oxygens (including phenoxy) is 1. The first-order chi connectivity index (χ1) is 9.72. The van der Waals surface area contributed by atoms with Gasteiger partial charge in [-0.2, -0.15) is 0 Å². The summed E-state index contributed by atoms with van der Waals surface area (Å²) in [6.45, 7) is 0.564. The maximum atomic E-state index is 6.24. The second-order valence-corrected chi connectivity index (χ2v) is 6.81. The lowest BCUT2D eigenvalue weighted by Crippen LogP contribution is -2.40. The van der Waals surface area contributed by atoms with Crippen LogP contribution in [0.25, 0.3) is 0 Å². The molecule has 1 N–H and O–H groups in total. The summed E-state index contributed by atoms with van der Waals surface area (Å²) in [6, 6.07) is 5.70. The van der Waals surface area contributed by atoms with Gasteiger partial charge in [-0.3, -0.25) is 4.99 Å². The van der Waals surface area contributed by atoms with Crippen LogP contribution in [0.5, 0.6) is 5.75 Å². The van der Waals surface area contributed by atoms with Crippen LogP contribution in [0.15, 0.2) is 23.2 Å². The van der Waals surface area contributed by atoms with Gasteiger partial charge in [-0.25, -0.2) is 0 Å². The van der Waals surface area contributed by atoms with E-state index < -0.39 is 0 Å². The highest BCUT2D eigenvalue weighted by molar-refractivity contribution is 8.14. The molecule has 5 heteroatoms. The molecule has 1 spiro atoms. The van der Waals surface area contributed by atoms with Crippen molar-refractivity contribution in [2.75, 3.05) is 12.9 Å². The second-order valence-electron chi connectivity index (χ2n) is 5.44. The lowest BCUT2D eigenvalue weighted by atomic mass is 10.0. The number of methoxy groups -OCH3 is 1.